The number of amides is 1. The number of non-ortho nitro benzene ring substituents is 1. The normalized spacial score (nSPS) is 12.8. The van der Waals surface area contributed by atoms with Crippen molar-refractivity contribution in [1.29, 1.82) is 0 Å². The first-order valence-corrected chi connectivity index (χ1v) is 8.14. The molecule has 0 unspecified atom stereocenters. The van der Waals surface area contributed by atoms with Crippen LogP contribution in [0, 0.1) is 26.1 Å². The van der Waals surface area contributed by atoms with Crippen LogP contribution in [0.2, 0.25) is 0 Å². The molecule has 0 heterocycles. The van der Waals surface area contributed by atoms with Crippen molar-refractivity contribution >= 4 is 28.9 Å². The molecule has 2 atom stereocenters. The Labute approximate surface area is 155 Å². The van der Waals surface area contributed by atoms with Crippen molar-refractivity contribution in [2.75, 3.05) is 12.4 Å². The number of carbonyl (C=O) groups excluding carboxylic acids is 2. The van der Waals surface area contributed by atoms with Crippen LogP contribution in [-0.4, -0.2) is 40.9 Å². The molecular weight excluding hydrogens is 360 g/mol. The molecule has 0 aliphatic rings. The van der Waals surface area contributed by atoms with E-state index in [0.29, 0.717) is 6.42 Å². The van der Waals surface area contributed by atoms with E-state index in [2.05, 4.69) is 15.4 Å². The van der Waals surface area contributed by atoms with Crippen LogP contribution in [0.25, 0.3) is 0 Å². The summed E-state index contributed by atoms with van der Waals surface area (Å²) in [5.74, 6) is -1.04. The molecule has 1 amide bonds. The summed E-state index contributed by atoms with van der Waals surface area (Å²) in [4.78, 5) is 44.6. The van der Waals surface area contributed by atoms with Gasteiger partial charge in [-0.05, 0) is 25.3 Å². The monoisotopic (exact) mass is 382 g/mol. The van der Waals surface area contributed by atoms with E-state index in [9.17, 15) is 29.8 Å². The van der Waals surface area contributed by atoms with Crippen molar-refractivity contribution < 1.29 is 24.2 Å². The van der Waals surface area contributed by atoms with Crippen molar-refractivity contribution in [3.05, 3.63) is 38.4 Å². The van der Waals surface area contributed by atoms with Crippen molar-refractivity contribution in [3.63, 3.8) is 0 Å². The van der Waals surface area contributed by atoms with E-state index < -0.39 is 45.2 Å². The average Bonchev–Trinajstić information content (AvgIpc) is 2.59. The van der Waals surface area contributed by atoms with E-state index in [1.54, 1.807) is 0 Å². The van der Waals surface area contributed by atoms with Crippen molar-refractivity contribution in [2.45, 2.75) is 39.3 Å². The van der Waals surface area contributed by atoms with Gasteiger partial charge in [-0.3, -0.25) is 25.0 Å². The lowest BCUT2D eigenvalue weighted by Crippen LogP contribution is -2.47. The number of nitrogens with zero attached hydrogens (tertiary/aromatic N) is 2. The molecule has 1 rings (SSSR count). The third-order valence-corrected chi connectivity index (χ3v) is 3.66. The maximum Gasteiger partial charge on any atom is 0.328 e. The predicted octanol–water partition coefficient (Wildman–Crippen LogP) is 2.01. The van der Waals surface area contributed by atoms with Gasteiger partial charge in [0.05, 0.1) is 23.0 Å². The molecule has 0 radical (unpaired) electrons. The minimum atomic E-state index is -0.940. The van der Waals surface area contributed by atoms with E-state index in [-0.39, 0.29) is 11.6 Å². The molecule has 2 N–H and O–H groups in total. The highest BCUT2D eigenvalue weighted by atomic mass is 16.6. The zero-order valence-corrected chi connectivity index (χ0v) is 15.4. The Kier molecular flexibility index (Phi) is 7.64. The summed E-state index contributed by atoms with van der Waals surface area (Å²) < 4.78 is 4.67. The first-order chi connectivity index (χ1) is 12.6. The number of rotatable bonds is 9. The predicted molar refractivity (Wildman–Crippen MR) is 96.2 cm³/mol. The number of esters is 1. The molecule has 0 bridgehead atoms. The van der Waals surface area contributed by atoms with Gasteiger partial charge in [0.25, 0.3) is 11.4 Å². The van der Waals surface area contributed by atoms with Gasteiger partial charge in [-0.25, -0.2) is 4.79 Å². The van der Waals surface area contributed by atoms with Gasteiger partial charge in [-0.15, -0.1) is 0 Å². The van der Waals surface area contributed by atoms with E-state index >= 15 is 0 Å². The highest BCUT2D eigenvalue weighted by Crippen LogP contribution is 2.29. The zero-order chi connectivity index (χ0) is 20.7. The molecule has 0 fully saturated rings. The Morgan fingerprint density at radius 3 is 2.26 bits per heavy atom. The van der Waals surface area contributed by atoms with Gasteiger partial charge in [0, 0.05) is 6.07 Å². The van der Waals surface area contributed by atoms with Gasteiger partial charge in [-0.1, -0.05) is 13.8 Å². The number of hydrogen-bond donors (Lipinski definition) is 2. The minimum absolute atomic E-state index is 0.0493. The van der Waals surface area contributed by atoms with Gasteiger partial charge in [-0.2, -0.15) is 0 Å². The topological polar surface area (TPSA) is 154 Å². The molecule has 0 spiro atoms. The van der Waals surface area contributed by atoms with Gasteiger partial charge < -0.3 is 15.4 Å². The summed E-state index contributed by atoms with van der Waals surface area (Å²) in [5.41, 5.74) is -1.02. The fraction of sp³-hybridized carbons (Fsp3) is 0.500. The first-order valence-electron chi connectivity index (χ1n) is 8.14. The molecule has 0 aromatic heterocycles. The quantitative estimate of drug-likeness (QED) is 0.373. The number of methoxy groups -OCH3 is 1. The largest absolute Gasteiger partial charge is 0.467 e. The molecule has 1 aromatic rings. The number of ether oxygens (including phenoxy) is 1. The maximum atomic E-state index is 12.4. The molecule has 1 aromatic carbocycles. The second kappa shape index (κ2) is 9.46. The standard InChI is InChI=1S/C16H22N4O7/c1-9(2)7-13(16(22)27-4)18-15(21)10(3)17-12-6-5-11(19(23)24)8-14(12)20(25)26/h5-6,8-10,13,17H,7H2,1-4H3,(H,18,21)/t10-,13-/m0/s1. The number of nitrogens with one attached hydrogen (secondary N) is 2. The summed E-state index contributed by atoms with van der Waals surface area (Å²) in [6.07, 6.45) is 0.364. The third-order valence-electron chi connectivity index (χ3n) is 3.66. The van der Waals surface area contributed by atoms with Crippen molar-refractivity contribution in [3.8, 4) is 0 Å². The number of hydrogen-bond acceptors (Lipinski definition) is 8. The Bertz CT molecular complexity index is 735. The summed E-state index contributed by atoms with van der Waals surface area (Å²) in [6.45, 7) is 5.21. The highest BCUT2D eigenvalue weighted by Gasteiger charge is 2.27. The van der Waals surface area contributed by atoms with E-state index in [1.165, 1.54) is 14.0 Å². The van der Waals surface area contributed by atoms with Crippen LogP contribution < -0.4 is 10.6 Å². The summed E-state index contributed by atoms with van der Waals surface area (Å²) >= 11 is 0. The molecular formula is C16H22N4O7. The number of nitro benzene ring substituents is 2. The minimum Gasteiger partial charge on any atom is -0.467 e. The fourth-order valence-electron chi connectivity index (χ4n) is 2.33. The average molecular weight is 382 g/mol. The first kappa shape index (κ1) is 21.8. The Morgan fingerprint density at radius 2 is 1.78 bits per heavy atom. The summed E-state index contributed by atoms with van der Waals surface area (Å²) in [5, 5.41) is 27.1. The second-order valence-electron chi connectivity index (χ2n) is 6.30. The third kappa shape index (κ3) is 6.20. The van der Waals surface area contributed by atoms with Crippen LogP contribution in [-0.2, 0) is 14.3 Å². The molecule has 0 saturated carbocycles. The van der Waals surface area contributed by atoms with Crippen LogP contribution >= 0.6 is 0 Å². The molecule has 11 nitrogen and oxygen atoms in total. The lowest BCUT2D eigenvalue weighted by Gasteiger charge is -2.21. The molecule has 11 heteroatoms. The Balaban J connectivity index is 2.95. The smallest absolute Gasteiger partial charge is 0.328 e. The number of nitro groups is 2. The van der Waals surface area contributed by atoms with Crippen LogP contribution in [0.5, 0.6) is 0 Å². The molecule has 0 aliphatic carbocycles. The molecule has 148 valence electrons. The van der Waals surface area contributed by atoms with E-state index in [4.69, 9.17) is 0 Å². The van der Waals surface area contributed by atoms with Crippen LogP contribution in [0.15, 0.2) is 18.2 Å². The summed E-state index contributed by atoms with van der Waals surface area (Å²) in [7, 11) is 1.21. The number of carbonyl (C=O) groups is 2. The van der Waals surface area contributed by atoms with Crippen LogP contribution in [0.1, 0.15) is 27.2 Å². The summed E-state index contributed by atoms with van der Waals surface area (Å²) in [6, 6.07) is 1.27. The number of benzene rings is 1. The van der Waals surface area contributed by atoms with E-state index in [0.717, 1.165) is 18.2 Å². The van der Waals surface area contributed by atoms with E-state index in [1.807, 2.05) is 13.8 Å². The number of anilines is 1. The molecule has 27 heavy (non-hydrogen) atoms. The SMILES string of the molecule is COC(=O)[C@H](CC(C)C)NC(=O)[C@H](C)Nc1ccc([N+](=O)[O-])cc1[N+](=O)[O-]. The Morgan fingerprint density at radius 1 is 1.15 bits per heavy atom. The second-order valence-corrected chi connectivity index (χ2v) is 6.30. The lowest BCUT2D eigenvalue weighted by molar-refractivity contribution is -0.393. The van der Waals surface area contributed by atoms with Gasteiger partial charge in [0.2, 0.25) is 5.91 Å². The lowest BCUT2D eigenvalue weighted by atomic mass is 10.0. The highest BCUT2D eigenvalue weighted by molar-refractivity contribution is 5.89. The van der Waals surface area contributed by atoms with Gasteiger partial charge in [0.15, 0.2) is 0 Å². The van der Waals surface area contributed by atoms with Crippen molar-refractivity contribution in [1.82, 2.24) is 5.32 Å². The van der Waals surface area contributed by atoms with Crippen LogP contribution in [0.3, 0.4) is 0 Å². The molecule has 0 saturated heterocycles. The fourth-order valence-corrected chi connectivity index (χ4v) is 2.33. The van der Waals surface area contributed by atoms with Crippen LogP contribution in [0.4, 0.5) is 17.1 Å². The maximum absolute atomic E-state index is 12.4. The molecule has 0 aliphatic heterocycles. The zero-order valence-electron chi connectivity index (χ0n) is 15.4. The van der Waals surface area contributed by atoms with Crippen molar-refractivity contribution in [2.24, 2.45) is 5.92 Å². The Hall–Kier alpha value is -3.24. The van der Waals surface area contributed by atoms with Gasteiger partial charge in [0.1, 0.15) is 17.8 Å². The van der Waals surface area contributed by atoms with Gasteiger partial charge >= 0.3 is 5.97 Å².